The van der Waals surface area contributed by atoms with Gasteiger partial charge in [-0.2, -0.15) is 13.2 Å². The summed E-state index contributed by atoms with van der Waals surface area (Å²) < 4.78 is 36.5. The summed E-state index contributed by atoms with van der Waals surface area (Å²) in [6, 6.07) is 0. The second-order valence-electron chi connectivity index (χ2n) is 4.89. The Morgan fingerprint density at radius 1 is 1.17 bits per heavy atom. The van der Waals surface area contributed by atoms with Crippen LogP contribution in [0.2, 0.25) is 0 Å². The molecule has 1 rings (SSSR count). The molecule has 1 saturated heterocycles. The Bertz CT molecular complexity index is 299. The molecule has 1 heterocycles. The highest BCUT2D eigenvalue weighted by Gasteiger charge is 2.35. The highest BCUT2D eigenvalue weighted by atomic mass is 19.4. The first-order chi connectivity index (χ1) is 8.10. The molecule has 1 unspecified atom stereocenters. The molecule has 5 nitrogen and oxygen atoms in total. The Labute approximate surface area is 103 Å². The SMILES string of the molecule is CC(N)(CN1CCN(CC(F)(F)F)CC1)C(=O)O. The first kappa shape index (κ1) is 15.2. The van der Waals surface area contributed by atoms with Crippen molar-refractivity contribution >= 4 is 5.97 Å². The lowest BCUT2D eigenvalue weighted by molar-refractivity contribution is -0.150. The van der Waals surface area contributed by atoms with Crippen molar-refractivity contribution in [2.24, 2.45) is 5.73 Å². The minimum atomic E-state index is -4.19. The molecule has 1 aliphatic heterocycles. The summed E-state index contributed by atoms with van der Waals surface area (Å²) in [5, 5.41) is 8.87. The first-order valence-electron chi connectivity index (χ1n) is 5.64. The highest BCUT2D eigenvalue weighted by Crippen LogP contribution is 2.17. The van der Waals surface area contributed by atoms with Crippen LogP contribution in [-0.4, -0.2) is 71.9 Å². The van der Waals surface area contributed by atoms with E-state index in [2.05, 4.69) is 0 Å². The molecular weight excluding hydrogens is 251 g/mol. The van der Waals surface area contributed by atoms with Crippen LogP contribution in [0.25, 0.3) is 0 Å². The van der Waals surface area contributed by atoms with Crippen molar-refractivity contribution in [1.29, 1.82) is 0 Å². The Balaban J connectivity index is 2.38. The molecule has 106 valence electrons. The van der Waals surface area contributed by atoms with Gasteiger partial charge in [-0.3, -0.25) is 14.6 Å². The lowest BCUT2D eigenvalue weighted by Crippen LogP contribution is -2.58. The van der Waals surface area contributed by atoms with Crippen molar-refractivity contribution < 1.29 is 23.1 Å². The van der Waals surface area contributed by atoms with Crippen LogP contribution in [0.4, 0.5) is 13.2 Å². The fourth-order valence-corrected chi connectivity index (χ4v) is 1.89. The second-order valence-corrected chi connectivity index (χ2v) is 4.89. The molecule has 1 atom stereocenters. The fraction of sp³-hybridized carbons (Fsp3) is 0.900. The zero-order valence-corrected chi connectivity index (χ0v) is 10.2. The molecule has 8 heteroatoms. The molecule has 0 radical (unpaired) electrons. The normalized spacial score (nSPS) is 22.7. The zero-order chi connectivity index (χ0) is 14.0. The number of hydrogen-bond acceptors (Lipinski definition) is 4. The van der Waals surface area contributed by atoms with Gasteiger partial charge in [-0.05, 0) is 6.92 Å². The van der Waals surface area contributed by atoms with E-state index in [1.54, 1.807) is 4.90 Å². The van der Waals surface area contributed by atoms with E-state index in [0.29, 0.717) is 13.1 Å². The fourth-order valence-electron chi connectivity index (χ4n) is 1.89. The average molecular weight is 269 g/mol. The maximum atomic E-state index is 12.2. The van der Waals surface area contributed by atoms with Gasteiger partial charge in [0, 0.05) is 32.7 Å². The Hall–Kier alpha value is -0.860. The van der Waals surface area contributed by atoms with Gasteiger partial charge in [0.2, 0.25) is 0 Å². The molecule has 0 amide bonds. The molecule has 0 aromatic carbocycles. The summed E-state index contributed by atoms with van der Waals surface area (Å²) in [5.41, 5.74) is 4.22. The number of nitrogens with zero attached hydrogens (tertiary/aromatic N) is 2. The van der Waals surface area contributed by atoms with Gasteiger partial charge < -0.3 is 10.8 Å². The van der Waals surface area contributed by atoms with Crippen molar-refractivity contribution in [2.75, 3.05) is 39.3 Å². The van der Waals surface area contributed by atoms with Gasteiger partial charge >= 0.3 is 12.1 Å². The Kier molecular flexibility index (Phi) is 4.57. The van der Waals surface area contributed by atoms with Gasteiger partial charge in [0.25, 0.3) is 0 Å². The number of aliphatic carboxylic acids is 1. The van der Waals surface area contributed by atoms with E-state index in [9.17, 15) is 18.0 Å². The Morgan fingerprint density at radius 3 is 1.89 bits per heavy atom. The molecule has 18 heavy (non-hydrogen) atoms. The highest BCUT2D eigenvalue weighted by molar-refractivity contribution is 5.78. The second kappa shape index (κ2) is 5.41. The summed E-state index contributed by atoms with van der Waals surface area (Å²) in [5.74, 6) is -1.11. The number of carboxylic acids is 1. The van der Waals surface area contributed by atoms with E-state index in [1.165, 1.54) is 11.8 Å². The quantitative estimate of drug-likeness (QED) is 0.750. The predicted molar refractivity (Wildman–Crippen MR) is 59.2 cm³/mol. The van der Waals surface area contributed by atoms with Crippen molar-refractivity contribution in [2.45, 2.75) is 18.6 Å². The van der Waals surface area contributed by atoms with Crippen LogP contribution < -0.4 is 5.73 Å². The minimum absolute atomic E-state index is 0.141. The lowest BCUT2D eigenvalue weighted by Gasteiger charge is -2.37. The van der Waals surface area contributed by atoms with Crippen molar-refractivity contribution in [1.82, 2.24) is 9.80 Å². The number of rotatable bonds is 4. The van der Waals surface area contributed by atoms with Gasteiger partial charge in [-0.15, -0.1) is 0 Å². The van der Waals surface area contributed by atoms with Gasteiger partial charge in [0.1, 0.15) is 5.54 Å². The molecule has 0 aromatic heterocycles. The summed E-state index contributed by atoms with van der Waals surface area (Å²) in [7, 11) is 0. The smallest absolute Gasteiger partial charge is 0.401 e. The van der Waals surface area contributed by atoms with Gasteiger partial charge in [-0.1, -0.05) is 0 Å². The van der Waals surface area contributed by atoms with Gasteiger partial charge in [-0.25, -0.2) is 0 Å². The van der Waals surface area contributed by atoms with E-state index in [4.69, 9.17) is 10.8 Å². The van der Waals surface area contributed by atoms with Crippen molar-refractivity contribution in [3.63, 3.8) is 0 Å². The Morgan fingerprint density at radius 2 is 1.56 bits per heavy atom. The van der Waals surface area contributed by atoms with Crippen molar-refractivity contribution in [3.05, 3.63) is 0 Å². The maximum absolute atomic E-state index is 12.2. The summed E-state index contributed by atoms with van der Waals surface area (Å²) in [4.78, 5) is 13.9. The van der Waals surface area contributed by atoms with Crippen LogP contribution in [-0.2, 0) is 4.79 Å². The van der Waals surface area contributed by atoms with E-state index in [0.717, 1.165) is 0 Å². The van der Waals surface area contributed by atoms with Crippen LogP contribution in [0.5, 0.6) is 0 Å². The van der Waals surface area contributed by atoms with E-state index in [1.807, 2.05) is 0 Å². The van der Waals surface area contributed by atoms with E-state index in [-0.39, 0.29) is 19.6 Å². The monoisotopic (exact) mass is 269 g/mol. The molecule has 1 aliphatic rings. The summed E-state index contributed by atoms with van der Waals surface area (Å²) >= 11 is 0. The largest absolute Gasteiger partial charge is 0.480 e. The molecule has 0 saturated carbocycles. The molecule has 0 spiro atoms. The molecule has 1 fully saturated rings. The molecule has 0 aliphatic carbocycles. The van der Waals surface area contributed by atoms with E-state index >= 15 is 0 Å². The first-order valence-corrected chi connectivity index (χ1v) is 5.64. The number of alkyl halides is 3. The third-order valence-electron chi connectivity index (χ3n) is 2.91. The summed E-state index contributed by atoms with van der Waals surface area (Å²) in [6.07, 6.45) is -4.19. The predicted octanol–water partition coefficient (Wildman–Crippen LogP) is -0.0317. The number of piperazine rings is 1. The number of carbonyl (C=O) groups is 1. The van der Waals surface area contributed by atoms with Crippen molar-refractivity contribution in [3.8, 4) is 0 Å². The molecule has 3 N–H and O–H groups in total. The lowest BCUT2D eigenvalue weighted by atomic mass is 10.0. The van der Waals surface area contributed by atoms with Gasteiger partial charge in [0.15, 0.2) is 0 Å². The number of hydrogen-bond donors (Lipinski definition) is 2. The van der Waals surface area contributed by atoms with Gasteiger partial charge in [0.05, 0.1) is 6.54 Å². The standard InChI is InChI=1S/C10H18F3N3O2/c1-9(14,8(17)18)6-15-2-4-16(5-3-15)7-10(11,12)13/h2-7,14H2,1H3,(H,17,18). The van der Waals surface area contributed by atoms with Crippen LogP contribution in [0.1, 0.15) is 6.92 Å². The minimum Gasteiger partial charge on any atom is -0.480 e. The number of halogens is 3. The van der Waals surface area contributed by atoms with Crippen LogP contribution >= 0.6 is 0 Å². The zero-order valence-electron chi connectivity index (χ0n) is 10.2. The van der Waals surface area contributed by atoms with E-state index < -0.39 is 24.2 Å². The molecular formula is C10H18F3N3O2. The molecule has 0 aromatic rings. The third-order valence-corrected chi connectivity index (χ3v) is 2.91. The third kappa shape index (κ3) is 4.79. The average Bonchev–Trinajstić information content (AvgIpc) is 2.18. The number of carboxylic acid groups (broad SMARTS) is 1. The number of nitrogens with two attached hydrogens (primary N) is 1. The summed E-state index contributed by atoms with van der Waals surface area (Å²) in [6.45, 7) is 1.97. The van der Waals surface area contributed by atoms with Crippen LogP contribution in [0, 0.1) is 0 Å². The molecule has 0 bridgehead atoms. The van der Waals surface area contributed by atoms with Crippen LogP contribution in [0.15, 0.2) is 0 Å². The topological polar surface area (TPSA) is 69.8 Å². The maximum Gasteiger partial charge on any atom is 0.401 e. The van der Waals surface area contributed by atoms with Crippen LogP contribution in [0.3, 0.4) is 0 Å².